The van der Waals surface area contributed by atoms with Gasteiger partial charge in [0.1, 0.15) is 0 Å². The van der Waals surface area contributed by atoms with Gasteiger partial charge in [-0.25, -0.2) is 0 Å². The predicted molar refractivity (Wildman–Crippen MR) is 115 cm³/mol. The number of nitrogen functional groups attached to an aromatic ring is 1. The third kappa shape index (κ3) is 4.10. The Hall–Kier alpha value is -2.25. The average molecular weight is 421 g/mol. The van der Waals surface area contributed by atoms with E-state index >= 15 is 0 Å². The third-order valence-corrected chi connectivity index (χ3v) is 6.22. The topological polar surface area (TPSA) is 69.9 Å². The van der Waals surface area contributed by atoms with Crippen LogP contribution in [-0.4, -0.2) is 60.9 Å². The standard InChI is InChI=1S/C20H24N4O2S.ClH/c21-16-5-1-6-17-15(16)4-2-8-24(17)14-19(25)22-9-11-23(12-10-22)20(26)18-7-3-13-27-18;/h1,3,5-7,13H,2,4,8-12,14,21H2;1H. The smallest absolute Gasteiger partial charge is 0.264 e. The van der Waals surface area contributed by atoms with Gasteiger partial charge in [0.15, 0.2) is 0 Å². The van der Waals surface area contributed by atoms with Crippen molar-refractivity contribution in [3.63, 3.8) is 0 Å². The van der Waals surface area contributed by atoms with E-state index in [1.807, 2.05) is 39.4 Å². The van der Waals surface area contributed by atoms with Crippen molar-refractivity contribution in [1.82, 2.24) is 9.80 Å². The molecule has 3 heterocycles. The highest BCUT2D eigenvalue weighted by atomic mass is 35.5. The lowest BCUT2D eigenvalue weighted by Gasteiger charge is -2.37. The zero-order chi connectivity index (χ0) is 18.8. The number of nitrogens with two attached hydrogens (primary N) is 1. The number of carbonyl (C=O) groups excluding carboxylic acids is 2. The van der Waals surface area contributed by atoms with Crippen LogP contribution in [0.1, 0.15) is 21.7 Å². The molecule has 2 N–H and O–H groups in total. The van der Waals surface area contributed by atoms with E-state index in [1.165, 1.54) is 11.3 Å². The van der Waals surface area contributed by atoms with Gasteiger partial charge in [-0.2, -0.15) is 0 Å². The number of halogens is 1. The molecule has 1 aromatic heterocycles. The number of rotatable bonds is 3. The Bertz CT molecular complexity index is 835. The number of hydrogen-bond donors (Lipinski definition) is 1. The van der Waals surface area contributed by atoms with E-state index in [1.54, 1.807) is 0 Å². The monoisotopic (exact) mass is 420 g/mol. The number of carbonyl (C=O) groups is 2. The Morgan fingerprint density at radius 3 is 2.46 bits per heavy atom. The molecule has 0 unspecified atom stereocenters. The summed E-state index contributed by atoms with van der Waals surface area (Å²) in [5, 5.41) is 1.91. The normalized spacial score (nSPS) is 16.4. The molecular formula is C20H25ClN4O2S. The number of amides is 2. The molecule has 1 aromatic carbocycles. The largest absolute Gasteiger partial charge is 0.398 e. The number of piperazine rings is 1. The van der Waals surface area contributed by atoms with Crippen LogP contribution in [0.15, 0.2) is 35.7 Å². The highest BCUT2D eigenvalue weighted by molar-refractivity contribution is 7.12. The van der Waals surface area contributed by atoms with Gasteiger partial charge in [0.05, 0.1) is 11.4 Å². The average Bonchev–Trinajstić information content (AvgIpc) is 3.23. The van der Waals surface area contributed by atoms with Crippen LogP contribution in [0.4, 0.5) is 11.4 Å². The van der Waals surface area contributed by atoms with Gasteiger partial charge in [0.25, 0.3) is 5.91 Å². The summed E-state index contributed by atoms with van der Waals surface area (Å²) in [4.78, 5) is 31.9. The molecule has 2 aliphatic heterocycles. The first-order valence-electron chi connectivity index (χ1n) is 9.36. The molecule has 0 spiro atoms. The number of fused-ring (bicyclic) bond motifs is 1. The molecule has 0 atom stereocenters. The number of thiophene rings is 1. The van der Waals surface area contributed by atoms with Crippen LogP contribution < -0.4 is 10.6 Å². The van der Waals surface area contributed by atoms with Crippen molar-refractivity contribution < 1.29 is 9.59 Å². The Labute approximate surface area is 175 Å². The minimum absolute atomic E-state index is 0. The van der Waals surface area contributed by atoms with Gasteiger partial charge in [-0.3, -0.25) is 9.59 Å². The van der Waals surface area contributed by atoms with E-state index < -0.39 is 0 Å². The van der Waals surface area contributed by atoms with E-state index in [9.17, 15) is 9.59 Å². The fraction of sp³-hybridized carbons (Fsp3) is 0.400. The molecular weight excluding hydrogens is 396 g/mol. The maximum Gasteiger partial charge on any atom is 0.264 e. The first-order chi connectivity index (χ1) is 13.1. The Kier molecular flexibility index (Phi) is 6.46. The second kappa shape index (κ2) is 8.84. The Balaban J connectivity index is 0.00000225. The molecule has 2 aromatic rings. The lowest BCUT2D eigenvalue weighted by Crippen LogP contribution is -2.53. The second-order valence-corrected chi connectivity index (χ2v) is 7.97. The van der Waals surface area contributed by atoms with Gasteiger partial charge in [-0.15, -0.1) is 23.7 Å². The quantitative estimate of drug-likeness (QED) is 0.774. The van der Waals surface area contributed by atoms with Crippen LogP contribution in [0.3, 0.4) is 0 Å². The zero-order valence-corrected chi connectivity index (χ0v) is 17.3. The van der Waals surface area contributed by atoms with Gasteiger partial charge < -0.3 is 20.4 Å². The van der Waals surface area contributed by atoms with Crippen molar-refractivity contribution >= 4 is 46.9 Å². The number of benzene rings is 1. The summed E-state index contributed by atoms with van der Waals surface area (Å²) in [6.07, 6.45) is 1.98. The van der Waals surface area contributed by atoms with Crippen LogP contribution in [0.2, 0.25) is 0 Å². The van der Waals surface area contributed by atoms with Crippen LogP contribution in [-0.2, 0) is 11.2 Å². The highest BCUT2D eigenvalue weighted by Gasteiger charge is 2.27. The van der Waals surface area contributed by atoms with Crippen molar-refractivity contribution in [3.8, 4) is 0 Å². The Morgan fingerprint density at radius 2 is 1.75 bits per heavy atom. The lowest BCUT2D eigenvalue weighted by molar-refractivity contribution is -0.131. The lowest BCUT2D eigenvalue weighted by atomic mass is 10.00. The molecule has 1 saturated heterocycles. The summed E-state index contributed by atoms with van der Waals surface area (Å²) < 4.78 is 0. The van der Waals surface area contributed by atoms with Crippen LogP contribution in [0, 0.1) is 0 Å². The molecule has 0 bridgehead atoms. The van der Waals surface area contributed by atoms with E-state index in [4.69, 9.17) is 5.73 Å². The van der Waals surface area contributed by atoms with Crippen molar-refractivity contribution in [1.29, 1.82) is 0 Å². The van der Waals surface area contributed by atoms with Gasteiger partial charge in [-0.05, 0) is 42.0 Å². The fourth-order valence-corrected chi connectivity index (χ4v) is 4.56. The van der Waals surface area contributed by atoms with Crippen molar-refractivity contribution in [3.05, 3.63) is 46.2 Å². The van der Waals surface area contributed by atoms with E-state index in [2.05, 4.69) is 11.0 Å². The molecule has 8 heteroatoms. The molecule has 0 radical (unpaired) electrons. The molecule has 6 nitrogen and oxygen atoms in total. The molecule has 4 rings (SSSR count). The summed E-state index contributed by atoms with van der Waals surface area (Å²) in [6, 6.07) is 9.67. The van der Waals surface area contributed by atoms with Crippen molar-refractivity contribution in [2.45, 2.75) is 12.8 Å². The first kappa shape index (κ1) is 20.5. The molecule has 0 saturated carbocycles. The summed E-state index contributed by atoms with van der Waals surface area (Å²) >= 11 is 1.46. The second-order valence-electron chi connectivity index (χ2n) is 7.02. The number of anilines is 2. The molecule has 150 valence electrons. The first-order valence-corrected chi connectivity index (χ1v) is 10.2. The fourth-order valence-electron chi connectivity index (χ4n) is 3.87. The summed E-state index contributed by atoms with van der Waals surface area (Å²) in [5.41, 5.74) is 9.15. The van der Waals surface area contributed by atoms with Gasteiger partial charge in [-0.1, -0.05) is 12.1 Å². The predicted octanol–water partition coefficient (Wildman–Crippen LogP) is 2.49. The molecule has 28 heavy (non-hydrogen) atoms. The summed E-state index contributed by atoms with van der Waals surface area (Å²) in [6.45, 7) is 3.60. The zero-order valence-electron chi connectivity index (χ0n) is 15.7. The van der Waals surface area contributed by atoms with Gasteiger partial charge in [0.2, 0.25) is 5.91 Å². The maximum absolute atomic E-state index is 12.8. The summed E-state index contributed by atoms with van der Waals surface area (Å²) in [5.74, 6) is 0.186. The SMILES string of the molecule is Cl.Nc1cccc2c1CCCN2CC(=O)N1CCN(C(=O)c2cccs2)CC1. The van der Waals surface area contributed by atoms with E-state index in [0.29, 0.717) is 32.7 Å². The van der Waals surface area contributed by atoms with Gasteiger partial charge >= 0.3 is 0 Å². The number of nitrogens with zero attached hydrogens (tertiary/aromatic N) is 3. The van der Waals surface area contributed by atoms with Crippen molar-refractivity contribution in [2.24, 2.45) is 0 Å². The van der Waals surface area contributed by atoms with Crippen molar-refractivity contribution in [2.75, 3.05) is 49.9 Å². The minimum atomic E-state index is 0. The van der Waals surface area contributed by atoms with Gasteiger partial charge in [0, 0.05) is 44.1 Å². The molecule has 0 aliphatic carbocycles. The third-order valence-electron chi connectivity index (χ3n) is 5.36. The number of hydrogen-bond acceptors (Lipinski definition) is 5. The molecule has 2 aliphatic rings. The van der Waals surface area contributed by atoms with Crippen LogP contribution in [0.5, 0.6) is 0 Å². The summed E-state index contributed by atoms with van der Waals surface area (Å²) in [7, 11) is 0. The Morgan fingerprint density at radius 1 is 1.00 bits per heavy atom. The molecule has 1 fully saturated rings. The van der Waals surface area contributed by atoms with E-state index in [0.717, 1.165) is 41.2 Å². The highest BCUT2D eigenvalue weighted by Crippen LogP contribution is 2.31. The molecule has 2 amide bonds. The maximum atomic E-state index is 12.8. The van der Waals surface area contributed by atoms with Crippen LogP contribution in [0.25, 0.3) is 0 Å². The minimum Gasteiger partial charge on any atom is -0.398 e. The van der Waals surface area contributed by atoms with Crippen LogP contribution >= 0.6 is 23.7 Å². The van der Waals surface area contributed by atoms with E-state index in [-0.39, 0.29) is 24.2 Å².